The van der Waals surface area contributed by atoms with Crippen LogP contribution in [-0.4, -0.2) is 24.1 Å². The van der Waals surface area contributed by atoms with Gasteiger partial charge in [0.1, 0.15) is 5.83 Å². The van der Waals surface area contributed by atoms with Gasteiger partial charge in [-0.15, -0.1) is 0 Å². The van der Waals surface area contributed by atoms with E-state index in [-0.39, 0.29) is 11.5 Å². The molecule has 0 aromatic heterocycles. The van der Waals surface area contributed by atoms with Gasteiger partial charge in [-0.2, -0.15) is 0 Å². The number of nitrogens with two attached hydrogens (primary N) is 1. The van der Waals surface area contributed by atoms with Crippen LogP contribution in [-0.2, 0) is 9.22 Å². The molecule has 0 saturated heterocycles. The molecule has 2 aromatic carbocycles. The Morgan fingerprint density at radius 2 is 1.47 bits per heavy atom. The molecule has 2 aromatic rings. The van der Waals surface area contributed by atoms with E-state index < -0.39 is 35.9 Å². The Hall–Kier alpha value is -1.21. The first-order chi connectivity index (χ1) is 14.8. The summed E-state index contributed by atoms with van der Waals surface area (Å²) in [6, 6.07) is 20.0. The number of allylic oxidation sites excluding steroid dienone is 1. The average molecular weight is 517 g/mol. The Labute approximate surface area is 205 Å². The molecule has 8 heteroatoms. The first-order valence-corrected chi connectivity index (χ1v) is 13.4. The van der Waals surface area contributed by atoms with Gasteiger partial charge in [-0.1, -0.05) is 116 Å². The van der Waals surface area contributed by atoms with Gasteiger partial charge >= 0.3 is 0 Å². The average Bonchev–Trinajstić information content (AvgIpc) is 2.74. The number of carbonyl (C=O) groups excluding carboxylic acids is 1. The number of carbonyl (C=O) groups is 1. The van der Waals surface area contributed by atoms with Gasteiger partial charge in [0, 0.05) is 6.42 Å². The lowest BCUT2D eigenvalue weighted by molar-refractivity contribution is -0.120. The number of rotatable bonds is 8. The van der Waals surface area contributed by atoms with Crippen molar-refractivity contribution in [2.75, 3.05) is 0 Å². The summed E-state index contributed by atoms with van der Waals surface area (Å²) in [5.41, 5.74) is 6.38. The van der Waals surface area contributed by atoms with Gasteiger partial charge < -0.3 is 10.2 Å². The molecule has 2 unspecified atom stereocenters. The summed E-state index contributed by atoms with van der Waals surface area (Å²) >= 11 is 16.8. The van der Waals surface area contributed by atoms with Crippen molar-refractivity contribution in [3.63, 3.8) is 0 Å². The SMILES string of the molecule is CC(C(=O)C(Cl)(Cl)Cl)/C(F)=C\CC(N)O[Si](c1ccccc1)(c1ccccc1)C(C)(C)C. The minimum Gasteiger partial charge on any atom is -0.392 e. The zero-order valence-electron chi connectivity index (χ0n) is 18.6. The number of hydrogen-bond acceptors (Lipinski definition) is 3. The summed E-state index contributed by atoms with van der Waals surface area (Å²) in [5, 5.41) is 1.87. The monoisotopic (exact) mass is 515 g/mol. The maximum atomic E-state index is 14.6. The number of benzene rings is 2. The molecule has 0 amide bonds. The molecule has 0 fully saturated rings. The summed E-state index contributed by atoms with van der Waals surface area (Å²) in [7, 11) is -2.87. The smallest absolute Gasteiger partial charge is 0.263 e. The zero-order chi connectivity index (χ0) is 24.2. The Balaban J connectivity index is 2.40. The second kappa shape index (κ2) is 10.8. The van der Waals surface area contributed by atoms with Crippen LogP contribution in [0.25, 0.3) is 0 Å². The Kier molecular flexibility index (Phi) is 9.13. The van der Waals surface area contributed by atoms with E-state index in [2.05, 4.69) is 45.0 Å². The molecular weight excluding hydrogens is 488 g/mol. The number of ketones is 1. The van der Waals surface area contributed by atoms with Gasteiger partial charge in [0.2, 0.25) is 3.79 Å². The summed E-state index contributed by atoms with van der Waals surface area (Å²) in [6.45, 7) is 7.74. The van der Waals surface area contributed by atoms with Crippen molar-refractivity contribution < 1.29 is 13.6 Å². The lowest BCUT2D eigenvalue weighted by Gasteiger charge is -2.44. The third-order valence-corrected chi connectivity index (χ3v) is 11.0. The van der Waals surface area contributed by atoms with Crippen LogP contribution in [0.2, 0.25) is 5.04 Å². The van der Waals surface area contributed by atoms with E-state index in [4.69, 9.17) is 45.0 Å². The molecule has 0 spiro atoms. The van der Waals surface area contributed by atoms with E-state index >= 15 is 0 Å². The third kappa shape index (κ3) is 6.22. The maximum Gasteiger partial charge on any atom is 0.263 e. The van der Waals surface area contributed by atoms with Gasteiger partial charge in [0.15, 0.2) is 5.78 Å². The van der Waals surface area contributed by atoms with Gasteiger partial charge in [-0.3, -0.25) is 4.79 Å². The second-order valence-corrected chi connectivity index (χ2v) is 15.3. The molecule has 0 aliphatic carbocycles. The van der Waals surface area contributed by atoms with Gasteiger partial charge in [0.05, 0.1) is 12.1 Å². The number of hydrogen-bond donors (Lipinski definition) is 1. The lowest BCUT2D eigenvalue weighted by Crippen LogP contribution is -2.68. The molecule has 2 N–H and O–H groups in total. The molecule has 0 aliphatic heterocycles. The van der Waals surface area contributed by atoms with E-state index in [0.717, 1.165) is 10.4 Å². The normalized spacial score (nSPS) is 15.3. The van der Waals surface area contributed by atoms with E-state index in [9.17, 15) is 9.18 Å². The highest BCUT2D eigenvalue weighted by atomic mass is 35.6. The molecule has 0 radical (unpaired) electrons. The molecule has 0 heterocycles. The molecule has 3 nitrogen and oxygen atoms in total. The topological polar surface area (TPSA) is 52.3 Å². The molecule has 2 atom stereocenters. The zero-order valence-corrected chi connectivity index (χ0v) is 21.9. The summed E-state index contributed by atoms with van der Waals surface area (Å²) in [6.07, 6.45) is 0.497. The van der Waals surface area contributed by atoms with Crippen molar-refractivity contribution in [3.05, 3.63) is 72.6 Å². The molecule has 0 aliphatic rings. The van der Waals surface area contributed by atoms with Crippen LogP contribution in [0.15, 0.2) is 72.6 Å². The number of alkyl halides is 3. The number of halogens is 4. The van der Waals surface area contributed by atoms with Crippen molar-refractivity contribution >= 4 is 59.3 Å². The Morgan fingerprint density at radius 3 is 1.84 bits per heavy atom. The minimum atomic E-state index is -2.87. The van der Waals surface area contributed by atoms with Crippen LogP contribution >= 0.6 is 34.8 Å². The van der Waals surface area contributed by atoms with Crippen LogP contribution < -0.4 is 16.1 Å². The van der Waals surface area contributed by atoms with Crippen molar-refractivity contribution in [2.45, 2.75) is 49.2 Å². The Morgan fingerprint density at radius 1 is 1.03 bits per heavy atom. The molecular formula is C24H29Cl3FNO2Si. The fraction of sp³-hybridized carbons (Fsp3) is 0.375. The predicted molar refractivity (Wildman–Crippen MR) is 135 cm³/mol. The fourth-order valence-corrected chi connectivity index (χ4v) is 8.80. The Bertz CT molecular complexity index is 888. The summed E-state index contributed by atoms with van der Waals surface area (Å²) in [5.74, 6) is -2.73. The van der Waals surface area contributed by atoms with E-state index in [1.54, 1.807) is 0 Å². The third-order valence-electron chi connectivity index (χ3n) is 5.38. The van der Waals surface area contributed by atoms with Gasteiger partial charge in [-0.05, 0) is 28.4 Å². The highest BCUT2D eigenvalue weighted by Gasteiger charge is 2.51. The fourth-order valence-electron chi connectivity index (χ4n) is 3.74. The van der Waals surface area contributed by atoms with Gasteiger partial charge in [0.25, 0.3) is 8.32 Å². The van der Waals surface area contributed by atoms with Crippen molar-refractivity contribution in [2.24, 2.45) is 11.7 Å². The summed E-state index contributed by atoms with van der Waals surface area (Å²) < 4.78 is 19.1. The van der Waals surface area contributed by atoms with Crippen LogP contribution in [0.4, 0.5) is 4.39 Å². The van der Waals surface area contributed by atoms with Crippen LogP contribution in [0.3, 0.4) is 0 Å². The first-order valence-electron chi connectivity index (χ1n) is 10.3. The first kappa shape index (κ1) is 27.0. The molecule has 0 saturated carbocycles. The quantitative estimate of drug-likeness (QED) is 0.279. The maximum absolute atomic E-state index is 14.6. The van der Waals surface area contributed by atoms with Crippen molar-refractivity contribution in [1.82, 2.24) is 0 Å². The highest BCUT2D eigenvalue weighted by molar-refractivity contribution is 6.99. The van der Waals surface area contributed by atoms with E-state index in [1.165, 1.54) is 13.0 Å². The molecule has 32 heavy (non-hydrogen) atoms. The highest BCUT2D eigenvalue weighted by Crippen LogP contribution is 2.37. The summed E-state index contributed by atoms with van der Waals surface area (Å²) in [4.78, 5) is 12.0. The van der Waals surface area contributed by atoms with Crippen molar-refractivity contribution in [1.29, 1.82) is 0 Å². The molecule has 2 rings (SSSR count). The van der Waals surface area contributed by atoms with Crippen LogP contribution in [0.5, 0.6) is 0 Å². The predicted octanol–water partition coefficient (Wildman–Crippen LogP) is 5.67. The van der Waals surface area contributed by atoms with E-state index in [1.807, 2.05) is 36.4 Å². The standard InChI is InChI=1S/C24H29Cl3FNO2Si/c1-17(22(30)24(25,26)27)20(28)15-16-21(29)31-32(23(2,3)4,18-11-7-5-8-12-18)19-13-9-6-10-14-19/h5-15,17,21H,16,29H2,1-4H3/b20-15+. The van der Waals surface area contributed by atoms with Crippen LogP contribution in [0, 0.1) is 5.92 Å². The van der Waals surface area contributed by atoms with Gasteiger partial charge in [-0.25, -0.2) is 4.39 Å². The second-order valence-electron chi connectivity index (χ2n) is 8.73. The minimum absolute atomic E-state index is 0.0633. The van der Waals surface area contributed by atoms with Crippen molar-refractivity contribution in [3.8, 4) is 0 Å². The molecule has 174 valence electrons. The largest absolute Gasteiger partial charge is 0.392 e. The van der Waals surface area contributed by atoms with E-state index in [0.29, 0.717) is 0 Å². The number of Topliss-reactive ketones (excluding diaryl/α,β-unsaturated/α-hetero) is 1. The van der Waals surface area contributed by atoms with Crippen LogP contribution in [0.1, 0.15) is 34.1 Å². The molecule has 0 bridgehead atoms. The lowest BCUT2D eigenvalue weighted by atomic mass is 10.1.